The summed E-state index contributed by atoms with van der Waals surface area (Å²) in [5.41, 5.74) is 8.26. The van der Waals surface area contributed by atoms with Crippen molar-refractivity contribution in [3.63, 3.8) is 0 Å². The van der Waals surface area contributed by atoms with E-state index >= 15 is 0 Å². The van der Waals surface area contributed by atoms with Gasteiger partial charge in [0, 0.05) is 29.6 Å². The van der Waals surface area contributed by atoms with Gasteiger partial charge >= 0.3 is 0 Å². The van der Waals surface area contributed by atoms with Gasteiger partial charge in [-0.25, -0.2) is 0 Å². The van der Waals surface area contributed by atoms with Crippen LogP contribution in [0.4, 0.5) is 0 Å². The van der Waals surface area contributed by atoms with Crippen LogP contribution in [0.1, 0.15) is 39.2 Å². The third-order valence-corrected chi connectivity index (χ3v) is 2.71. The van der Waals surface area contributed by atoms with Crippen LogP contribution in [0.15, 0.2) is 48.2 Å². The van der Waals surface area contributed by atoms with Crippen molar-refractivity contribution in [2.24, 2.45) is 5.73 Å². The van der Waals surface area contributed by atoms with Gasteiger partial charge in [-0.1, -0.05) is 43.7 Å². The van der Waals surface area contributed by atoms with Gasteiger partial charge in [-0.15, -0.1) is 0 Å². The molecule has 0 unspecified atom stereocenters. The monoisotopic (exact) mass is 272 g/mol. The average Bonchev–Trinajstić information content (AvgIpc) is 2.39. The molecule has 1 rings (SSSR count). The molecule has 0 bridgehead atoms. The Morgan fingerprint density at radius 1 is 1.25 bits per heavy atom. The molecule has 1 aromatic rings. The average molecular weight is 272 g/mol. The number of nitrogens with one attached hydrogen (secondary N) is 1. The first kappa shape index (κ1) is 16.0. The van der Waals surface area contributed by atoms with Gasteiger partial charge in [0.1, 0.15) is 0 Å². The first-order valence-electron chi connectivity index (χ1n) is 7.06. The summed E-state index contributed by atoms with van der Waals surface area (Å²) in [6, 6.07) is 9.82. The maximum Gasteiger partial charge on any atom is 0.182 e. The van der Waals surface area contributed by atoms with Crippen molar-refractivity contribution in [3.8, 4) is 0 Å². The lowest BCUT2D eigenvalue weighted by atomic mass is 10.1. The van der Waals surface area contributed by atoms with E-state index in [4.69, 9.17) is 5.73 Å². The highest BCUT2D eigenvalue weighted by molar-refractivity contribution is 6.04. The van der Waals surface area contributed by atoms with Crippen LogP contribution in [0.5, 0.6) is 0 Å². The van der Waals surface area contributed by atoms with Crippen molar-refractivity contribution in [2.75, 3.05) is 0 Å². The van der Waals surface area contributed by atoms with Crippen molar-refractivity contribution in [1.29, 1.82) is 0 Å². The van der Waals surface area contributed by atoms with E-state index < -0.39 is 0 Å². The van der Waals surface area contributed by atoms with E-state index in [9.17, 15) is 4.79 Å². The Bertz CT molecular complexity index is 487. The number of carbonyl (C=O) groups excluding carboxylic acids is 1. The lowest BCUT2D eigenvalue weighted by Gasteiger charge is -2.13. The second kappa shape index (κ2) is 8.20. The van der Waals surface area contributed by atoms with Crippen LogP contribution >= 0.6 is 0 Å². The Hall–Kier alpha value is -2.03. The van der Waals surface area contributed by atoms with Crippen molar-refractivity contribution >= 4 is 11.5 Å². The van der Waals surface area contributed by atoms with E-state index in [1.807, 2.05) is 30.3 Å². The van der Waals surface area contributed by atoms with Crippen LogP contribution in [-0.2, 0) is 4.79 Å². The number of nitrogens with two attached hydrogens (primary N) is 1. The van der Waals surface area contributed by atoms with E-state index in [-0.39, 0.29) is 5.78 Å². The largest absolute Gasteiger partial charge is 0.398 e. The summed E-state index contributed by atoms with van der Waals surface area (Å²) in [5, 5.41) is 3.29. The van der Waals surface area contributed by atoms with Crippen LogP contribution in [-0.4, -0.2) is 11.8 Å². The van der Waals surface area contributed by atoms with Gasteiger partial charge < -0.3 is 11.1 Å². The molecule has 0 atom stereocenters. The Balaban J connectivity index is 2.82. The molecule has 0 radical (unpaired) electrons. The maximum atomic E-state index is 12.0. The van der Waals surface area contributed by atoms with E-state index in [0.29, 0.717) is 11.7 Å². The lowest BCUT2D eigenvalue weighted by molar-refractivity contribution is -0.110. The molecule has 3 N–H and O–H groups in total. The third kappa shape index (κ3) is 5.74. The Morgan fingerprint density at radius 3 is 2.45 bits per heavy atom. The Morgan fingerprint density at radius 2 is 1.90 bits per heavy atom. The molecule has 108 valence electrons. The molecule has 0 fully saturated rings. The number of hydrogen-bond acceptors (Lipinski definition) is 3. The first-order valence-corrected chi connectivity index (χ1v) is 7.06. The molecule has 0 saturated heterocycles. The van der Waals surface area contributed by atoms with Gasteiger partial charge in [0.2, 0.25) is 0 Å². The highest BCUT2D eigenvalue weighted by Crippen LogP contribution is 2.09. The van der Waals surface area contributed by atoms with Gasteiger partial charge in [0.15, 0.2) is 5.78 Å². The molecule has 0 aliphatic rings. The summed E-state index contributed by atoms with van der Waals surface area (Å²) < 4.78 is 0. The molecule has 1 aromatic carbocycles. The minimum atomic E-state index is -0.0806. The molecule has 0 saturated carbocycles. The number of ketones is 1. The zero-order valence-corrected chi connectivity index (χ0v) is 12.5. The third-order valence-electron chi connectivity index (χ3n) is 2.71. The van der Waals surface area contributed by atoms with E-state index in [0.717, 1.165) is 24.1 Å². The molecule has 3 heteroatoms. The van der Waals surface area contributed by atoms with Gasteiger partial charge in [-0.2, -0.15) is 0 Å². The molecule has 3 nitrogen and oxygen atoms in total. The summed E-state index contributed by atoms with van der Waals surface area (Å²) >= 11 is 0. The fourth-order valence-corrected chi connectivity index (χ4v) is 1.91. The summed E-state index contributed by atoms with van der Waals surface area (Å²) in [7, 11) is 0. The zero-order chi connectivity index (χ0) is 15.0. The highest BCUT2D eigenvalue weighted by atomic mass is 16.1. The second-order valence-electron chi connectivity index (χ2n) is 5.09. The summed E-state index contributed by atoms with van der Waals surface area (Å²) in [6.45, 7) is 6.21. The maximum absolute atomic E-state index is 12.0. The molecule has 0 aliphatic heterocycles. The van der Waals surface area contributed by atoms with E-state index in [2.05, 4.69) is 26.1 Å². The number of benzene rings is 1. The van der Waals surface area contributed by atoms with E-state index in [1.54, 1.807) is 6.08 Å². The van der Waals surface area contributed by atoms with Gasteiger partial charge in [-0.05, 0) is 25.8 Å². The number of allylic oxidation sites excluding steroid dienone is 3. The second-order valence-corrected chi connectivity index (χ2v) is 5.09. The molecule has 0 amide bonds. The zero-order valence-electron chi connectivity index (χ0n) is 12.5. The summed E-state index contributed by atoms with van der Waals surface area (Å²) in [6.07, 6.45) is 4.98. The fraction of sp³-hybridized carbons (Fsp3) is 0.353. The van der Waals surface area contributed by atoms with E-state index in [1.165, 1.54) is 6.08 Å². The predicted octanol–water partition coefficient (Wildman–Crippen LogP) is 3.24. The Kier molecular flexibility index (Phi) is 6.57. The number of hydrogen-bond donors (Lipinski definition) is 2. The van der Waals surface area contributed by atoms with Crippen molar-refractivity contribution in [1.82, 2.24) is 5.32 Å². The number of carbonyl (C=O) groups is 1. The number of rotatable bonds is 7. The summed E-state index contributed by atoms with van der Waals surface area (Å²) in [5.74, 6) is -0.0806. The molecule has 0 aromatic heterocycles. The van der Waals surface area contributed by atoms with Crippen LogP contribution in [0, 0.1) is 0 Å². The fourth-order valence-electron chi connectivity index (χ4n) is 1.91. The topological polar surface area (TPSA) is 55.1 Å². The minimum Gasteiger partial charge on any atom is -0.398 e. The van der Waals surface area contributed by atoms with Crippen LogP contribution in [0.2, 0.25) is 0 Å². The van der Waals surface area contributed by atoms with Crippen LogP contribution < -0.4 is 11.1 Å². The van der Waals surface area contributed by atoms with Gasteiger partial charge in [0.25, 0.3) is 0 Å². The van der Waals surface area contributed by atoms with Crippen LogP contribution in [0.25, 0.3) is 5.70 Å². The molecule has 20 heavy (non-hydrogen) atoms. The molecule has 0 aliphatic carbocycles. The van der Waals surface area contributed by atoms with Crippen molar-refractivity contribution in [2.45, 2.75) is 39.7 Å². The van der Waals surface area contributed by atoms with Gasteiger partial charge in [-0.3, -0.25) is 4.79 Å². The lowest BCUT2D eigenvalue weighted by Crippen LogP contribution is -2.22. The SMILES string of the molecule is CCC/C(=C/C(=O)/C=C(\N)c1ccccc1)NC(C)C. The first-order chi connectivity index (χ1) is 9.52. The molecular weight excluding hydrogens is 248 g/mol. The van der Waals surface area contributed by atoms with Crippen LogP contribution in [0.3, 0.4) is 0 Å². The molecule has 0 spiro atoms. The normalized spacial score (nSPS) is 12.6. The predicted molar refractivity (Wildman–Crippen MR) is 84.9 cm³/mol. The highest BCUT2D eigenvalue weighted by Gasteiger charge is 2.03. The quantitative estimate of drug-likeness (QED) is 0.749. The standard InChI is InChI=1S/C17H24N2O/c1-4-8-15(19-13(2)3)11-16(20)12-17(18)14-9-6-5-7-10-14/h5-7,9-13,19H,4,8,18H2,1-3H3/b15-11-,17-12-. The minimum absolute atomic E-state index is 0.0806. The smallest absolute Gasteiger partial charge is 0.182 e. The van der Waals surface area contributed by atoms with Gasteiger partial charge in [0.05, 0.1) is 0 Å². The summed E-state index contributed by atoms with van der Waals surface area (Å²) in [4.78, 5) is 12.0. The van der Waals surface area contributed by atoms with Crippen molar-refractivity contribution in [3.05, 3.63) is 53.7 Å². The van der Waals surface area contributed by atoms with Crippen molar-refractivity contribution < 1.29 is 4.79 Å². The Labute approximate surface area is 121 Å². The molecular formula is C17H24N2O. The molecule has 0 heterocycles.